The van der Waals surface area contributed by atoms with E-state index in [4.69, 9.17) is 16.7 Å². The zero-order valence-electron chi connectivity index (χ0n) is 18.6. The van der Waals surface area contributed by atoms with Crippen LogP contribution < -0.4 is 10.1 Å². The van der Waals surface area contributed by atoms with Crippen molar-refractivity contribution in [2.24, 2.45) is 10.2 Å². The Morgan fingerprint density at radius 3 is 2.57 bits per heavy atom. The average molecular weight is 518 g/mol. The van der Waals surface area contributed by atoms with Gasteiger partial charge in [-0.05, 0) is 23.8 Å². The van der Waals surface area contributed by atoms with Crippen molar-refractivity contribution in [2.75, 3.05) is 11.7 Å². The molecule has 0 bridgehead atoms. The highest BCUT2D eigenvalue weighted by molar-refractivity contribution is 7.89. The molecule has 0 atom stereocenters. The van der Waals surface area contributed by atoms with Gasteiger partial charge in [-0.3, -0.25) is 10.1 Å². The molecule has 9 nitrogen and oxygen atoms in total. The zero-order chi connectivity index (χ0) is 25.3. The number of halogens is 2. The van der Waals surface area contributed by atoms with Gasteiger partial charge in [0, 0.05) is 36.2 Å². The second-order valence-corrected chi connectivity index (χ2v) is 9.79. The molecule has 0 aliphatic carbocycles. The van der Waals surface area contributed by atoms with Crippen molar-refractivity contribution in [2.45, 2.75) is 24.8 Å². The molecule has 3 aromatic carbocycles. The minimum atomic E-state index is -3.98. The molecule has 1 heterocycles. The van der Waals surface area contributed by atoms with E-state index in [9.17, 15) is 18.5 Å². The van der Waals surface area contributed by atoms with Gasteiger partial charge < -0.3 is 4.90 Å². The van der Waals surface area contributed by atoms with Crippen LogP contribution in [0, 0.1) is 15.9 Å². The number of hydrazone groups is 1. The predicted molar refractivity (Wildman–Crippen MR) is 132 cm³/mol. The van der Waals surface area contributed by atoms with Gasteiger partial charge in [-0.15, -0.1) is 0 Å². The third kappa shape index (κ3) is 5.11. The topological polar surface area (TPSA) is 122 Å². The van der Waals surface area contributed by atoms with Crippen molar-refractivity contribution in [3.63, 3.8) is 0 Å². The van der Waals surface area contributed by atoms with Crippen LogP contribution in [0.3, 0.4) is 0 Å². The summed E-state index contributed by atoms with van der Waals surface area (Å²) in [6.07, 6.45) is 0.546. The number of nitro benzene ring substituents is 1. The summed E-state index contributed by atoms with van der Waals surface area (Å²) >= 11 is 6.26. The largest absolute Gasteiger partial charge is 0.335 e. The SMILES string of the molecule is CCC1=NN(c2cc([N+](=O)[O-])ccc2Cl)CN1Cc1ccc(-c2ccccc2S(N)(=O)=O)cc1F. The van der Waals surface area contributed by atoms with E-state index in [0.29, 0.717) is 39.7 Å². The minimum absolute atomic E-state index is 0.0865. The highest BCUT2D eigenvalue weighted by Crippen LogP contribution is 2.33. The number of nitrogens with two attached hydrogens (primary N) is 1. The molecule has 0 aromatic heterocycles. The third-order valence-electron chi connectivity index (χ3n) is 5.56. The molecule has 3 aromatic rings. The lowest BCUT2D eigenvalue weighted by Gasteiger charge is -2.22. The summed E-state index contributed by atoms with van der Waals surface area (Å²) in [4.78, 5) is 12.4. The third-order valence-corrected chi connectivity index (χ3v) is 6.85. The van der Waals surface area contributed by atoms with Gasteiger partial charge in [0.15, 0.2) is 0 Å². The molecule has 12 heteroatoms. The molecule has 2 N–H and O–H groups in total. The van der Waals surface area contributed by atoms with Crippen LogP contribution in [0.5, 0.6) is 0 Å². The van der Waals surface area contributed by atoms with E-state index in [1.54, 1.807) is 35.3 Å². The molecule has 1 aliphatic rings. The lowest BCUT2D eigenvalue weighted by molar-refractivity contribution is -0.384. The van der Waals surface area contributed by atoms with Gasteiger partial charge in [0.2, 0.25) is 10.0 Å². The van der Waals surface area contributed by atoms with Crippen molar-refractivity contribution in [3.05, 3.63) is 87.2 Å². The van der Waals surface area contributed by atoms with Crippen LogP contribution in [0.4, 0.5) is 15.8 Å². The molecular formula is C23H21ClFN5O4S. The number of hydrogen-bond acceptors (Lipinski definition) is 7. The Morgan fingerprint density at radius 1 is 1.17 bits per heavy atom. The molecule has 1 aliphatic heterocycles. The van der Waals surface area contributed by atoms with E-state index >= 15 is 4.39 Å². The van der Waals surface area contributed by atoms with E-state index < -0.39 is 20.8 Å². The lowest BCUT2D eigenvalue weighted by Crippen LogP contribution is -2.30. The fraction of sp³-hybridized carbons (Fsp3) is 0.174. The average Bonchev–Trinajstić information content (AvgIpc) is 3.22. The molecule has 0 amide bonds. The molecule has 0 saturated heterocycles. The van der Waals surface area contributed by atoms with Crippen molar-refractivity contribution >= 4 is 38.8 Å². The van der Waals surface area contributed by atoms with Gasteiger partial charge in [-0.25, -0.2) is 23.0 Å². The first-order chi connectivity index (χ1) is 16.6. The molecule has 4 rings (SSSR count). The molecule has 35 heavy (non-hydrogen) atoms. The van der Waals surface area contributed by atoms with Gasteiger partial charge in [0.25, 0.3) is 5.69 Å². The second kappa shape index (κ2) is 9.61. The molecule has 0 saturated carbocycles. The second-order valence-electron chi connectivity index (χ2n) is 7.85. The van der Waals surface area contributed by atoms with Crippen LogP contribution in [0.25, 0.3) is 11.1 Å². The number of sulfonamides is 1. The van der Waals surface area contributed by atoms with Crippen molar-refractivity contribution in [3.8, 4) is 11.1 Å². The normalized spacial score (nSPS) is 13.8. The fourth-order valence-electron chi connectivity index (χ4n) is 3.86. The van der Waals surface area contributed by atoms with E-state index in [0.717, 1.165) is 0 Å². The number of benzene rings is 3. The van der Waals surface area contributed by atoms with Crippen molar-refractivity contribution in [1.82, 2.24) is 4.90 Å². The smallest absolute Gasteiger partial charge is 0.271 e. The summed E-state index contributed by atoms with van der Waals surface area (Å²) in [6, 6.07) is 14.7. The minimum Gasteiger partial charge on any atom is -0.335 e. The lowest BCUT2D eigenvalue weighted by atomic mass is 10.0. The molecule has 0 fully saturated rings. The summed E-state index contributed by atoms with van der Waals surface area (Å²) in [5.41, 5.74) is 1.33. The summed E-state index contributed by atoms with van der Waals surface area (Å²) in [6.45, 7) is 2.30. The van der Waals surface area contributed by atoms with Crippen molar-refractivity contribution < 1.29 is 17.7 Å². The number of rotatable bonds is 7. The summed E-state index contributed by atoms with van der Waals surface area (Å²) in [5, 5.41) is 22.8. The van der Waals surface area contributed by atoms with Gasteiger partial charge in [0.05, 0.1) is 20.5 Å². The first-order valence-corrected chi connectivity index (χ1v) is 12.5. The van der Waals surface area contributed by atoms with Gasteiger partial charge in [-0.2, -0.15) is 5.10 Å². The molecule has 0 radical (unpaired) electrons. The Balaban J connectivity index is 1.60. The summed E-state index contributed by atoms with van der Waals surface area (Å²) in [5.74, 6) is 0.143. The Bertz CT molecular complexity index is 1450. The number of non-ortho nitro benzene ring substituents is 1. The molecule has 0 spiro atoms. The van der Waals surface area contributed by atoms with E-state index in [-0.39, 0.29) is 23.8 Å². The molecule has 182 valence electrons. The maximum atomic E-state index is 15.1. The van der Waals surface area contributed by atoms with Crippen molar-refractivity contribution in [1.29, 1.82) is 0 Å². The van der Waals surface area contributed by atoms with E-state index in [1.807, 2.05) is 11.8 Å². The monoisotopic (exact) mass is 517 g/mol. The molecular weight excluding hydrogens is 497 g/mol. The summed E-state index contributed by atoms with van der Waals surface area (Å²) in [7, 11) is -3.98. The van der Waals surface area contributed by atoms with Gasteiger partial charge >= 0.3 is 0 Å². The van der Waals surface area contributed by atoms with Crippen LogP contribution in [0.2, 0.25) is 5.02 Å². The number of nitro groups is 1. The standard InChI is InChI=1S/C23H21ClFN5O4S/c1-2-23-27-29(21-12-17(30(31)32)9-10-19(21)24)14-28(23)13-16-8-7-15(11-20(16)25)18-5-3-4-6-22(18)35(26,33)34/h3-12H,2,13-14H2,1H3,(H2,26,33,34). The maximum Gasteiger partial charge on any atom is 0.271 e. The van der Waals surface area contributed by atoms with E-state index in [2.05, 4.69) is 5.10 Å². The number of anilines is 1. The van der Waals surface area contributed by atoms with Crippen LogP contribution >= 0.6 is 11.6 Å². The van der Waals surface area contributed by atoms with Gasteiger partial charge in [-0.1, -0.05) is 48.9 Å². The maximum absolute atomic E-state index is 15.1. The van der Waals surface area contributed by atoms with Crippen LogP contribution in [0.1, 0.15) is 18.9 Å². The first kappa shape index (κ1) is 24.6. The number of primary sulfonamides is 1. The number of hydrogen-bond donors (Lipinski definition) is 1. The highest BCUT2D eigenvalue weighted by atomic mass is 35.5. The van der Waals surface area contributed by atoms with Gasteiger partial charge in [0.1, 0.15) is 18.3 Å². The Kier molecular flexibility index (Phi) is 6.75. The van der Waals surface area contributed by atoms with Crippen LogP contribution in [-0.4, -0.2) is 30.7 Å². The van der Waals surface area contributed by atoms with E-state index in [1.165, 1.54) is 30.3 Å². The van der Waals surface area contributed by atoms with Crippen LogP contribution in [0.15, 0.2) is 70.7 Å². The molecule has 0 unspecified atom stereocenters. The van der Waals surface area contributed by atoms with Crippen LogP contribution in [-0.2, 0) is 16.6 Å². The first-order valence-electron chi connectivity index (χ1n) is 10.5. The summed E-state index contributed by atoms with van der Waals surface area (Å²) < 4.78 is 39.0. The number of amidine groups is 1. The Labute approximate surface area is 206 Å². The quantitative estimate of drug-likeness (QED) is 0.358. The fourth-order valence-corrected chi connectivity index (χ4v) is 4.83. The highest BCUT2D eigenvalue weighted by Gasteiger charge is 2.26. The number of nitrogens with zero attached hydrogens (tertiary/aromatic N) is 4. The Morgan fingerprint density at radius 2 is 1.91 bits per heavy atom. The Hall–Kier alpha value is -3.54. The zero-order valence-corrected chi connectivity index (χ0v) is 20.1. The predicted octanol–water partition coefficient (Wildman–Crippen LogP) is 4.70.